The van der Waals surface area contributed by atoms with Gasteiger partial charge < -0.3 is 9.15 Å². The third-order valence-corrected chi connectivity index (χ3v) is 4.76. The second-order valence-electron chi connectivity index (χ2n) is 6.62. The van der Waals surface area contributed by atoms with Crippen LogP contribution in [0.15, 0.2) is 21.0 Å². The summed E-state index contributed by atoms with van der Waals surface area (Å²) in [5.74, 6) is 0.713. The highest BCUT2D eigenvalue weighted by molar-refractivity contribution is 9.10. The molecule has 0 saturated carbocycles. The van der Waals surface area contributed by atoms with Crippen LogP contribution in [0.1, 0.15) is 45.4 Å². The molecule has 0 radical (unpaired) electrons. The average Bonchev–Trinajstić information content (AvgIpc) is 3.03. The molecule has 1 aliphatic heterocycles. The van der Waals surface area contributed by atoms with Gasteiger partial charge >= 0.3 is 6.09 Å². The summed E-state index contributed by atoms with van der Waals surface area (Å²) in [4.78, 5) is 18.4. The van der Waals surface area contributed by atoms with E-state index in [1.165, 1.54) is 0 Å². The first-order chi connectivity index (χ1) is 10.7. The smallest absolute Gasteiger partial charge is 0.410 e. The van der Waals surface area contributed by atoms with Crippen LogP contribution >= 0.6 is 27.5 Å². The van der Waals surface area contributed by atoms with Crippen LogP contribution in [-0.2, 0) is 4.74 Å². The summed E-state index contributed by atoms with van der Waals surface area (Å²) in [7, 11) is 0. The summed E-state index contributed by atoms with van der Waals surface area (Å²) in [5, 5.41) is 0.389. The van der Waals surface area contributed by atoms with Crippen LogP contribution < -0.4 is 0 Å². The van der Waals surface area contributed by atoms with Crippen molar-refractivity contribution in [3.05, 3.63) is 27.5 Å². The molecule has 0 unspecified atom stereocenters. The summed E-state index contributed by atoms with van der Waals surface area (Å²) in [6, 6.07) is 3.51. The fourth-order valence-corrected chi connectivity index (χ4v) is 3.15. The first-order valence-corrected chi connectivity index (χ1v) is 8.67. The molecule has 0 aromatic carbocycles. The molecule has 3 heterocycles. The predicted molar refractivity (Wildman–Crippen MR) is 91.6 cm³/mol. The van der Waals surface area contributed by atoms with E-state index in [1.54, 1.807) is 11.0 Å². The number of likely N-dealkylation sites (tertiary alicyclic amines) is 1. The largest absolute Gasteiger partial charge is 0.457 e. The Morgan fingerprint density at radius 2 is 2.22 bits per heavy atom. The number of nitrogens with zero attached hydrogens (tertiary/aromatic N) is 2. The third-order valence-electron chi connectivity index (χ3n) is 3.64. The fourth-order valence-electron chi connectivity index (χ4n) is 2.70. The zero-order valence-corrected chi connectivity index (χ0v) is 15.6. The number of aromatic nitrogens is 1. The predicted octanol–water partition coefficient (Wildman–Crippen LogP) is 5.32. The van der Waals surface area contributed by atoms with E-state index < -0.39 is 5.60 Å². The molecule has 0 aliphatic carbocycles. The van der Waals surface area contributed by atoms with Crippen molar-refractivity contribution in [1.29, 1.82) is 0 Å². The van der Waals surface area contributed by atoms with Crippen molar-refractivity contribution in [2.45, 2.75) is 45.3 Å². The molecule has 1 aliphatic rings. The van der Waals surface area contributed by atoms with Crippen LogP contribution in [0.25, 0.3) is 11.1 Å². The van der Waals surface area contributed by atoms with E-state index in [1.807, 2.05) is 26.8 Å². The zero-order chi connectivity index (χ0) is 16.8. The molecule has 1 atom stereocenters. The lowest BCUT2D eigenvalue weighted by Crippen LogP contribution is -2.36. The topological polar surface area (TPSA) is 55.6 Å². The van der Waals surface area contributed by atoms with Gasteiger partial charge in [0.2, 0.25) is 0 Å². The Bertz CT molecular complexity index is 715. The molecule has 23 heavy (non-hydrogen) atoms. The normalized spacial score (nSPS) is 18.7. The molecule has 7 heteroatoms. The van der Waals surface area contributed by atoms with Crippen molar-refractivity contribution in [1.82, 2.24) is 9.88 Å². The number of hydrogen-bond acceptors (Lipinski definition) is 4. The summed E-state index contributed by atoms with van der Waals surface area (Å²) < 4.78 is 12.1. The van der Waals surface area contributed by atoms with Crippen LogP contribution in [0, 0.1) is 0 Å². The second kappa shape index (κ2) is 5.98. The number of furan rings is 1. The summed E-state index contributed by atoms with van der Waals surface area (Å²) in [6.07, 6.45) is 1.44. The van der Waals surface area contributed by atoms with E-state index in [0.717, 1.165) is 12.8 Å². The van der Waals surface area contributed by atoms with E-state index in [9.17, 15) is 4.79 Å². The first kappa shape index (κ1) is 16.6. The SMILES string of the molecule is CC(C)(C)OC(=O)N1CCC[C@@H]1c1cc2nc(Cl)c(Br)cc2o1. The van der Waals surface area contributed by atoms with Gasteiger partial charge in [-0.2, -0.15) is 0 Å². The van der Waals surface area contributed by atoms with Crippen molar-refractivity contribution >= 4 is 44.7 Å². The van der Waals surface area contributed by atoms with Gasteiger partial charge in [-0.3, -0.25) is 4.90 Å². The van der Waals surface area contributed by atoms with Gasteiger partial charge in [0.05, 0.1) is 10.5 Å². The van der Waals surface area contributed by atoms with Crippen LogP contribution in [0.2, 0.25) is 5.15 Å². The molecule has 0 N–H and O–H groups in total. The van der Waals surface area contributed by atoms with Crippen molar-refractivity contribution < 1.29 is 13.9 Å². The number of rotatable bonds is 1. The number of carbonyl (C=O) groups is 1. The highest BCUT2D eigenvalue weighted by Gasteiger charge is 2.35. The Hall–Kier alpha value is -1.27. The lowest BCUT2D eigenvalue weighted by Gasteiger charge is -2.27. The Morgan fingerprint density at radius 1 is 1.48 bits per heavy atom. The molecule has 5 nitrogen and oxygen atoms in total. The first-order valence-electron chi connectivity index (χ1n) is 7.50. The van der Waals surface area contributed by atoms with Crippen LogP contribution in [0.5, 0.6) is 0 Å². The van der Waals surface area contributed by atoms with Gasteiger partial charge in [-0.05, 0) is 49.5 Å². The summed E-state index contributed by atoms with van der Waals surface area (Å²) in [5.41, 5.74) is 0.814. The Kier molecular flexibility index (Phi) is 4.31. The molecule has 0 bridgehead atoms. The Morgan fingerprint density at radius 3 is 2.91 bits per heavy atom. The van der Waals surface area contributed by atoms with E-state index in [4.69, 9.17) is 20.8 Å². The molecule has 2 aromatic heterocycles. The molecule has 124 valence electrons. The molecule has 0 spiro atoms. The van der Waals surface area contributed by atoms with Gasteiger partial charge in [0.1, 0.15) is 22.0 Å². The van der Waals surface area contributed by atoms with Crippen molar-refractivity contribution in [2.75, 3.05) is 6.54 Å². The quantitative estimate of drug-likeness (QED) is 0.607. The minimum Gasteiger partial charge on any atom is -0.457 e. The van der Waals surface area contributed by atoms with Crippen molar-refractivity contribution in [2.24, 2.45) is 0 Å². The zero-order valence-electron chi connectivity index (χ0n) is 13.2. The number of hydrogen-bond donors (Lipinski definition) is 0. The molecular formula is C16H18BrClN2O3. The van der Waals surface area contributed by atoms with Crippen molar-refractivity contribution in [3.8, 4) is 0 Å². The van der Waals surface area contributed by atoms with Gasteiger partial charge in [-0.15, -0.1) is 0 Å². The van der Waals surface area contributed by atoms with E-state index in [2.05, 4.69) is 20.9 Å². The van der Waals surface area contributed by atoms with E-state index >= 15 is 0 Å². The number of halogens is 2. The monoisotopic (exact) mass is 400 g/mol. The van der Waals surface area contributed by atoms with Crippen molar-refractivity contribution in [3.63, 3.8) is 0 Å². The lowest BCUT2D eigenvalue weighted by atomic mass is 10.1. The van der Waals surface area contributed by atoms with Gasteiger partial charge in [-0.1, -0.05) is 11.6 Å². The van der Waals surface area contributed by atoms with Gasteiger partial charge in [0.15, 0.2) is 5.58 Å². The minimum absolute atomic E-state index is 0.128. The standard InChI is InChI=1S/C16H18BrClN2O3/c1-16(2,3)23-15(21)20-6-4-5-11(20)13-8-10-12(22-13)7-9(17)14(18)19-10/h7-8,11H,4-6H2,1-3H3/t11-/m1/s1. The molecular weight excluding hydrogens is 384 g/mol. The Balaban J connectivity index is 1.89. The molecule has 1 fully saturated rings. The maximum Gasteiger partial charge on any atom is 0.410 e. The fraction of sp³-hybridized carbons (Fsp3) is 0.500. The molecule has 3 rings (SSSR count). The number of fused-ring (bicyclic) bond motifs is 1. The van der Waals surface area contributed by atoms with E-state index in [0.29, 0.717) is 33.0 Å². The second-order valence-corrected chi connectivity index (χ2v) is 7.84. The minimum atomic E-state index is -0.516. The van der Waals surface area contributed by atoms with Crippen LogP contribution in [0.4, 0.5) is 4.79 Å². The molecule has 2 aromatic rings. The summed E-state index contributed by atoms with van der Waals surface area (Å²) in [6.45, 7) is 6.25. The van der Waals surface area contributed by atoms with Crippen LogP contribution in [-0.4, -0.2) is 28.1 Å². The van der Waals surface area contributed by atoms with Gasteiger partial charge in [-0.25, -0.2) is 9.78 Å². The number of amides is 1. The highest BCUT2D eigenvalue weighted by Crippen LogP contribution is 2.37. The third kappa shape index (κ3) is 3.48. The van der Waals surface area contributed by atoms with E-state index in [-0.39, 0.29) is 12.1 Å². The maximum absolute atomic E-state index is 12.4. The van der Waals surface area contributed by atoms with Crippen LogP contribution in [0.3, 0.4) is 0 Å². The lowest BCUT2D eigenvalue weighted by molar-refractivity contribution is 0.0209. The van der Waals surface area contributed by atoms with Gasteiger partial charge in [0.25, 0.3) is 0 Å². The number of pyridine rings is 1. The highest BCUT2D eigenvalue weighted by atomic mass is 79.9. The molecule has 1 saturated heterocycles. The van der Waals surface area contributed by atoms with Gasteiger partial charge in [0, 0.05) is 18.7 Å². The number of carbonyl (C=O) groups excluding carboxylic acids is 1. The molecule has 1 amide bonds. The Labute approximate surface area is 148 Å². The summed E-state index contributed by atoms with van der Waals surface area (Å²) >= 11 is 9.36. The maximum atomic E-state index is 12.4. The average molecular weight is 402 g/mol. The number of ether oxygens (including phenoxy) is 1.